The lowest BCUT2D eigenvalue weighted by Gasteiger charge is -2.32. The first kappa shape index (κ1) is 28.7. The molecule has 0 amide bonds. The van der Waals surface area contributed by atoms with Gasteiger partial charge in [0.05, 0.1) is 17.8 Å². The second kappa shape index (κ2) is 13.6. The maximum absolute atomic E-state index is 7.00. The van der Waals surface area contributed by atoms with Crippen LogP contribution in [0.1, 0.15) is 59.8 Å². The Morgan fingerprint density at radius 2 is 1.42 bits per heavy atom. The Labute approximate surface area is 216 Å². The van der Waals surface area contributed by atoms with E-state index in [4.69, 9.17) is 33.6 Å². The van der Waals surface area contributed by atoms with Gasteiger partial charge in [0.1, 0.15) is 5.75 Å². The van der Waals surface area contributed by atoms with Crippen molar-refractivity contribution in [3.8, 4) is 16.9 Å². The van der Waals surface area contributed by atoms with Crippen LogP contribution >= 0.6 is 0 Å². The smallest absolute Gasteiger partial charge is 0.494 e. The zero-order valence-electron chi connectivity index (χ0n) is 21.9. The van der Waals surface area contributed by atoms with E-state index in [2.05, 4.69) is 64.1 Å². The summed E-state index contributed by atoms with van der Waals surface area (Å²) in [6, 6.07) is 16.7. The van der Waals surface area contributed by atoms with Crippen LogP contribution in [0.5, 0.6) is 5.75 Å². The minimum Gasteiger partial charge on any atom is -0.494 e. The molecule has 4 rings (SSSR count). The van der Waals surface area contributed by atoms with E-state index in [0.29, 0.717) is 6.61 Å². The van der Waals surface area contributed by atoms with Gasteiger partial charge in [-0.2, -0.15) is 0 Å². The Morgan fingerprint density at radius 3 is 1.97 bits per heavy atom. The summed E-state index contributed by atoms with van der Waals surface area (Å²) < 4.78 is 29.5. The number of unbranched alkanes of at least 4 members (excludes halogenated alkanes) is 1. The molecule has 1 atom stereocenters. The molecule has 195 valence electrons. The monoisotopic (exact) mass is 497 g/mol. The number of hydrogen-bond donors (Lipinski definition) is 2. The van der Waals surface area contributed by atoms with Crippen molar-refractivity contribution in [3.63, 3.8) is 0 Å². The fourth-order valence-corrected chi connectivity index (χ4v) is 4.01. The average Bonchev–Trinajstić information content (AvgIpc) is 3.09. The highest BCUT2D eigenvalue weighted by Crippen LogP contribution is 2.36. The molecule has 2 heterocycles. The van der Waals surface area contributed by atoms with Crippen molar-refractivity contribution in [1.82, 2.24) is 0 Å². The molecule has 1 unspecified atom stereocenters. The van der Waals surface area contributed by atoms with Gasteiger partial charge in [-0.25, -0.2) is 0 Å². The first-order valence-electron chi connectivity index (χ1n) is 12.8. The van der Waals surface area contributed by atoms with Gasteiger partial charge in [0.25, 0.3) is 0 Å². The summed E-state index contributed by atoms with van der Waals surface area (Å²) in [5, 5.41) is 14.0. The minimum absolute atomic E-state index is 0. The Hall–Kier alpha value is -1.87. The second-order valence-electron chi connectivity index (χ2n) is 10.1. The molecule has 2 fully saturated rings. The molecule has 0 aromatic heterocycles. The van der Waals surface area contributed by atoms with Crippen LogP contribution in [0.2, 0.25) is 0 Å². The van der Waals surface area contributed by atoms with Gasteiger partial charge in [0.2, 0.25) is 0 Å². The van der Waals surface area contributed by atoms with Crippen LogP contribution in [-0.2, 0) is 18.8 Å². The second-order valence-corrected chi connectivity index (χ2v) is 10.1. The van der Waals surface area contributed by atoms with E-state index >= 15 is 0 Å². The van der Waals surface area contributed by atoms with Crippen molar-refractivity contribution in [3.05, 3.63) is 48.5 Å². The lowest BCUT2D eigenvalue weighted by Crippen LogP contribution is -2.41. The van der Waals surface area contributed by atoms with Crippen molar-refractivity contribution in [2.45, 2.75) is 77.3 Å². The van der Waals surface area contributed by atoms with Gasteiger partial charge in [-0.15, -0.1) is 0 Å². The molecule has 2 aromatic carbocycles. The normalized spacial score (nSPS) is 20.4. The van der Waals surface area contributed by atoms with Crippen molar-refractivity contribution < 1.29 is 33.6 Å². The van der Waals surface area contributed by atoms with Gasteiger partial charge in [0.15, 0.2) is 6.29 Å². The zero-order valence-corrected chi connectivity index (χ0v) is 21.9. The van der Waals surface area contributed by atoms with E-state index in [1.165, 1.54) is 6.42 Å². The number of hydrogen-bond acceptors (Lipinski definition) is 7. The van der Waals surface area contributed by atoms with E-state index in [1.54, 1.807) is 0 Å². The molecule has 0 aliphatic carbocycles. The molecule has 2 N–H and O–H groups in total. The maximum Gasteiger partial charge on any atom is 0.494 e. The summed E-state index contributed by atoms with van der Waals surface area (Å²) in [7, 11) is -0.333. The van der Waals surface area contributed by atoms with Crippen LogP contribution in [0.3, 0.4) is 0 Å². The van der Waals surface area contributed by atoms with Crippen LogP contribution in [0.15, 0.2) is 48.5 Å². The molecule has 2 aromatic rings. The summed E-state index contributed by atoms with van der Waals surface area (Å²) in [6.45, 7) is 10.5. The highest BCUT2D eigenvalue weighted by Gasteiger charge is 2.51. The molecule has 0 saturated carbocycles. The van der Waals surface area contributed by atoms with Crippen LogP contribution in [-0.4, -0.2) is 62.2 Å². The van der Waals surface area contributed by atoms with Gasteiger partial charge in [-0.05, 0) is 88.5 Å². The Morgan fingerprint density at radius 1 is 0.861 bits per heavy atom. The fourth-order valence-electron chi connectivity index (χ4n) is 4.01. The summed E-state index contributed by atoms with van der Waals surface area (Å²) in [4.78, 5) is 0. The van der Waals surface area contributed by atoms with Gasteiger partial charge < -0.3 is 33.6 Å². The van der Waals surface area contributed by atoms with Crippen molar-refractivity contribution >= 4 is 20.3 Å². The van der Waals surface area contributed by atoms with Crippen LogP contribution in [0.4, 0.5) is 0 Å². The van der Waals surface area contributed by atoms with Crippen LogP contribution < -0.4 is 10.2 Å². The molecular weight excluding hydrogens is 458 g/mol. The molecule has 2 aliphatic rings. The Bertz CT molecular complexity index is 881. The zero-order chi connectivity index (χ0) is 26.0. The average molecular weight is 497 g/mol. The van der Waals surface area contributed by atoms with Crippen molar-refractivity contribution in [1.29, 1.82) is 0 Å². The van der Waals surface area contributed by atoms with E-state index < -0.39 is 0 Å². The third-order valence-corrected chi connectivity index (χ3v) is 6.87. The van der Waals surface area contributed by atoms with E-state index in [9.17, 15) is 0 Å². The molecular formula is C27H39B2O7. The molecule has 2 saturated heterocycles. The van der Waals surface area contributed by atoms with Gasteiger partial charge in [0, 0.05) is 13.2 Å². The molecule has 7 nitrogen and oxygen atoms in total. The van der Waals surface area contributed by atoms with E-state index in [1.807, 2.05) is 12.1 Å². The summed E-state index contributed by atoms with van der Waals surface area (Å²) in [5.41, 5.74) is 2.69. The first-order chi connectivity index (χ1) is 17.3. The summed E-state index contributed by atoms with van der Waals surface area (Å²) in [5.74, 6) is 0.893. The quantitative estimate of drug-likeness (QED) is 0.402. The lowest BCUT2D eigenvalue weighted by molar-refractivity contribution is -0.162. The van der Waals surface area contributed by atoms with Crippen molar-refractivity contribution in [2.24, 2.45) is 0 Å². The summed E-state index contributed by atoms with van der Waals surface area (Å²) in [6.07, 6.45) is 5.32. The van der Waals surface area contributed by atoms with Crippen LogP contribution in [0, 0.1) is 0 Å². The molecule has 9 heteroatoms. The highest BCUT2D eigenvalue weighted by atomic mass is 16.7. The minimum atomic E-state index is -0.333. The Balaban J connectivity index is 0.00000115. The maximum atomic E-state index is 7.00. The number of ether oxygens (including phenoxy) is 3. The first-order valence-corrected chi connectivity index (χ1v) is 12.8. The topological polar surface area (TPSA) is 86.6 Å². The van der Waals surface area contributed by atoms with Gasteiger partial charge in [-0.3, -0.25) is 0 Å². The van der Waals surface area contributed by atoms with Crippen molar-refractivity contribution in [2.75, 3.05) is 19.8 Å². The number of rotatable bonds is 9. The molecule has 36 heavy (non-hydrogen) atoms. The van der Waals surface area contributed by atoms with Gasteiger partial charge >= 0.3 is 14.8 Å². The molecule has 2 aliphatic heterocycles. The third-order valence-electron chi connectivity index (χ3n) is 6.87. The predicted molar refractivity (Wildman–Crippen MR) is 142 cm³/mol. The molecule has 0 spiro atoms. The lowest BCUT2D eigenvalue weighted by atomic mass is 9.78. The SMILES string of the molecule is CC1(C)OB(c2ccc(-c3ccc(OCCCCOC4CCCCO4)cc3)cc2)OC1(C)C.O[B]O. The molecule has 0 bridgehead atoms. The third kappa shape index (κ3) is 8.07. The number of benzene rings is 2. The highest BCUT2D eigenvalue weighted by molar-refractivity contribution is 6.62. The van der Waals surface area contributed by atoms with Crippen LogP contribution in [0.25, 0.3) is 11.1 Å². The van der Waals surface area contributed by atoms with Gasteiger partial charge in [-0.1, -0.05) is 36.4 Å². The molecule has 1 radical (unpaired) electrons. The summed E-state index contributed by atoms with van der Waals surface area (Å²) >= 11 is 0. The predicted octanol–water partition coefficient (Wildman–Crippen LogP) is 3.86. The standard InChI is InChI=1S/C27H37BO5.BH2O2/c1-26(2)27(3,4)33-28(32-26)23-14-10-21(11-15-23)22-12-16-24(17-13-22)29-18-7-8-20-31-25-9-5-6-19-30-25;2-1-3/h10-17,25H,5-9,18-20H2,1-4H3;2-3H. The van der Waals surface area contributed by atoms with E-state index in [0.717, 1.165) is 61.2 Å². The fraction of sp³-hybridized carbons (Fsp3) is 0.556. The Kier molecular flexibility index (Phi) is 10.8. The largest absolute Gasteiger partial charge is 0.494 e. The van der Waals surface area contributed by atoms with E-state index in [-0.39, 0.29) is 32.3 Å².